The smallest absolute Gasteiger partial charge is 0.315 e. The van der Waals surface area contributed by atoms with Gasteiger partial charge in [0.15, 0.2) is 0 Å². The van der Waals surface area contributed by atoms with Crippen molar-refractivity contribution in [3.8, 4) is 0 Å². The third-order valence-corrected chi connectivity index (χ3v) is 2.40. The summed E-state index contributed by atoms with van der Waals surface area (Å²) < 4.78 is 5.18. The summed E-state index contributed by atoms with van der Waals surface area (Å²) >= 11 is 1.66. The fraction of sp³-hybridized carbons (Fsp3) is 0.250. The van der Waals surface area contributed by atoms with Gasteiger partial charge in [-0.2, -0.15) is 11.3 Å². The number of hydrogen-bond donors (Lipinski definition) is 2. The summed E-state index contributed by atoms with van der Waals surface area (Å²) in [6, 6.07) is 2.45. The topological polar surface area (TPSA) is 77.0 Å². The maximum Gasteiger partial charge on any atom is 0.315 e. The highest BCUT2D eigenvalue weighted by Crippen LogP contribution is 2.09. The van der Waals surface area contributed by atoms with Crippen LogP contribution in [0.25, 0.3) is 0 Å². The van der Waals surface area contributed by atoms with Crippen LogP contribution in [0.5, 0.6) is 0 Å². The maximum absolute atomic E-state index is 5.33. The number of rotatable bonds is 4. The second-order valence-electron chi connectivity index (χ2n) is 2.69. The molecule has 0 unspecified atom stereocenters. The number of hydrogen-bond acceptors (Lipinski definition) is 6. The highest BCUT2D eigenvalue weighted by Gasteiger charge is 2.02. The predicted molar refractivity (Wildman–Crippen MR) is 53.8 cm³/mol. The Bertz CT molecular complexity index is 384. The van der Waals surface area contributed by atoms with Crippen molar-refractivity contribution in [3.63, 3.8) is 0 Å². The molecule has 0 saturated heterocycles. The van der Waals surface area contributed by atoms with E-state index in [1.807, 2.05) is 11.4 Å². The first-order valence-electron chi connectivity index (χ1n) is 4.16. The largest absolute Gasteiger partial charge is 0.407 e. The molecule has 14 heavy (non-hydrogen) atoms. The minimum Gasteiger partial charge on any atom is -0.407 e. The van der Waals surface area contributed by atoms with Crippen LogP contribution in [0, 0.1) is 0 Å². The van der Waals surface area contributed by atoms with Gasteiger partial charge in [-0.15, -0.1) is 5.10 Å². The first kappa shape index (κ1) is 9.17. The molecule has 0 aliphatic heterocycles. The van der Waals surface area contributed by atoms with Crippen molar-refractivity contribution in [1.82, 2.24) is 10.2 Å². The molecule has 0 amide bonds. The molecule has 0 fully saturated rings. The minimum atomic E-state index is 0.271. The maximum atomic E-state index is 5.33. The van der Waals surface area contributed by atoms with Crippen LogP contribution in [-0.2, 0) is 13.1 Å². The minimum absolute atomic E-state index is 0.271. The van der Waals surface area contributed by atoms with E-state index in [0.717, 1.165) is 0 Å². The third kappa shape index (κ3) is 2.09. The van der Waals surface area contributed by atoms with Crippen LogP contribution >= 0.6 is 11.3 Å². The van der Waals surface area contributed by atoms with Crippen LogP contribution < -0.4 is 11.1 Å². The zero-order valence-corrected chi connectivity index (χ0v) is 8.25. The van der Waals surface area contributed by atoms with E-state index in [2.05, 4.69) is 20.9 Å². The van der Waals surface area contributed by atoms with E-state index >= 15 is 0 Å². The Hall–Kier alpha value is -1.40. The molecule has 0 aliphatic rings. The van der Waals surface area contributed by atoms with Crippen LogP contribution in [0.4, 0.5) is 6.01 Å². The number of thiophene rings is 1. The fourth-order valence-corrected chi connectivity index (χ4v) is 1.65. The first-order chi connectivity index (χ1) is 6.88. The van der Waals surface area contributed by atoms with E-state index < -0.39 is 0 Å². The SMILES string of the molecule is NCc1nnc(NCc2ccsc2)o1. The van der Waals surface area contributed by atoms with Crippen molar-refractivity contribution in [1.29, 1.82) is 0 Å². The molecule has 5 nitrogen and oxygen atoms in total. The molecule has 0 aliphatic carbocycles. The van der Waals surface area contributed by atoms with E-state index in [1.165, 1.54) is 5.56 Å². The quantitative estimate of drug-likeness (QED) is 0.793. The molecule has 2 rings (SSSR count). The lowest BCUT2D eigenvalue weighted by atomic mass is 10.3. The summed E-state index contributed by atoms with van der Waals surface area (Å²) in [5.74, 6) is 0.442. The molecular weight excluding hydrogens is 200 g/mol. The van der Waals surface area contributed by atoms with Gasteiger partial charge in [-0.3, -0.25) is 0 Å². The second kappa shape index (κ2) is 4.21. The van der Waals surface area contributed by atoms with Crippen molar-refractivity contribution in [2.24, 2.45) is 5.73 Å². The Morgan fingerprint density at radius 1 is 1.50 bits per heavy atom. The molecule has 6 heteroatoms. The monoisotopic (exact) mass is 210 g/mol. The molecule has 0 bridgehead atoms. The van der Waals surface area contributed by atoms with E-state index in [-0.39, 0.29) is 6.54 Å². The zero-order chi connectivity index (χ0) is 9.80. The number of nitrogens with zero attached hydrogens (tertiary/aromatic N) is 2. The van der Waals surface area contributed by atoms with Crippen molar-refractivity contribution in [2.75, 3.05) is 5.32 Å². The van der Waals surface area contributed by atoms with Crippen molar-refractivity contribution < 1.29 is 4.42 Å². The summed E-state index contributed by atoms with van der Waals surface area (Å²) in [4.78, 5) is 0. The lowest BCUT2D eigenvalue weighted by Gasteiger charge is -1.96. The van der Waals surface area contributed by atoms with Crippen molar-refractivity contribution in [2.45, 2.75) is 13.1 Å². The molecule has 3 N–H and O–H groups in total. The van der Waals surface area contributed by atoms with E-state index in [1.54, 1.807) is 11.3 Å². The third-order valence-electron chi connectivity index (χ3n) is 1.67. The number of nitrogens with two attached hydrogens (primary N) is 1. The summed E-state index contributed by atoms with van der Waals surface area (Å²) in [6.45, 7) is 0.961. The average Bonchev–Trinajstić information content (AvgIpc) is 2.86. The van der Waals surface area contributed by atoms with E-state index in [0.29, 0.717) is 18.5 Å². The van der Waals surface area contributed by atoms with Crippen LogP contribution in [0.3, 0.4) is 0 Å². The Kier molecular flexibility index (Phi) is 2.76. The van der Waals surface area contributed by atoms with Crippen LogP contribution in [-0.4, -0.2) is 10.2 Å². The standard InChI is InChI=1S/C8H10N4OS/c9-3-7-11-12-8(13-7)10-4-6-1-2-14-5-6/h1-2,5H,3-4,9H2,(H,10,12). The van der Waals surface area contributed by atoms with Gasteiger partial charge in [-0.1, -0.05) is 5.10 Å². The molecule has 0 radical (unpaired) electrons. The molecule has 2 heterocycles. The molecule has 0 saturated carbocycles. The molecule has 74 valence electrons. The van der Waals surface area contributed by atoms with Gasteiger partial charge in [0.05, 0.1) is 6.54 Å². The molecule has 0 spiro atoms. The van der Waals surface area contributed by atoms with Gasteiger partial charge in [0.1, 0.15) is 0 Å². The number of anilines is 1. The van der Waals surface area contributed by atoms with E-state index in [9.17, 15) is 0 Å². The molecule has 0 atom stereocenters. The summed E-state index contributed by atoms with van der Waals surface area (Å²) in [6.07, 6.45) is 0. The first-order valence-corrected chi connectivity index (χ1v) is 5.10. The average molecular weight is 210 g/mol. The lowest BCUT2D eigenvalue weighted by molar-refractivity contribution is 0.507. The predicted octanol–water partition coefficient (Wildman–Crippen LogP) is 1.20. The Labute approximate surface area is 85.0 Å². The van der Waals surface area contributed by atoms with Gasteiger partial charge >= 0.3 is 6.01 Å². The van der Waals surface area contributed by atoms with Crippen LogP contribution in [0.2, 0.25) is 0 Å². The Morgan fingerprint density at radius 2 is 2.43 bits per heavy atom. The van der Waals surface area contributed by atoms with Gasteiger partial charge in [-0.05, 0) is 22.4 Å². The molecule has 2 aromatic rings. The number of aromatic nitrogens is 2. The molecular formula is C8H10N4OS. The summed E-state index contributed by atoms with van der Waals surface area (Å²) in [5.41, 5.74) is 6.53. The molecule has 2 aromatic heterocycles. The van der Waals surface area contributed by atoms with Crippen molar-refractivity contribution >= 4 is 17.4 Å². The van der Waals surface area contributed by atoms with Gasteiger partial charge < -0.3 is 15.5 Å². The van der Waals surface area contributed by atoms with Gasteiger partial charge in [-0.25, -0.2) is 0 Å². The van der Waals surface area contributed by atoms with Gasteiger partial charge in [0.2, 0.25) is 5.89 Å². The van der Waals surface area contributed by atoms with Gasteiger partial charge in [0, 0.05) is 6.54 Å². The van der Waals surface area contributed by atoms with Gasteiger partial charge in [0.25, 0.3) is 0 Å². The lowest BCUT2D eigenvalue weighted by Crippen LogP contribution is -1.97. The normalized spacial score (nSPS) is 10.4. The second-order valence-corrected chi connectivity index (χ2v) is 3.47. The Morgan fingerprint density at radius 3 is 3.07 bits per heavy atom. The fourth-order valence-electron chi connectivity index (χ4n) is 0.978. The van der Waals surface area contributed by atoms with Crippen LogP contribution in [0.1, 0.15) is 11.5 Å². The van der Waals surface area contributed by atoms with Crippen molar-refractivity contribution in [3.05, 3.63) is 28.3 Å². The zero-order valence-electron chi connectivity index (χ0n) is 7.43. The summed E-state index contributed by atoms with van der Waals surface area (Å²) in [7, 11) is 0. The van der Waals surface area contributed by atoms with E-state index in [4.69, 9.17) is 10.2 Å². The Balaban J connectivity index is 1.92. The highest BCUT2D eigenvalue weighted by atomic mass is 32.1. The molecule has 0 aromatic carbocycles. The summed E-state index contributed by atoms with van der Waals surface area (Å²) in [5, 5.41) is 14.6. The highest BCUT2D eigenvalue weighted by molar-refractivity contribution is 7.07. The van der Waals surface area contributed by atoms with Crippen LogP contribution in [0.15, 0.2) is 21.2 Å². The number of nitrogens with one attached hydrogen (secondary N) is 1.